The number of carbonyl (C=O) groups is 2. The second-order valence-electron chi connectivity index (χ2n) is 5.13. The van der Waals surface area contributed by atoms with Crippen molar-refractivity contribution in [1.29, 1.82) is 0 Å². The van der Waals surface area contributed by atoms with Crippen LogP contribution in [0.15, 0.2) is 54.6 Å². The van der Waals surface area contributed by atoms with E-state index in [0.717, 1.165) is 0 Å². The van der Waals surface area contributed by atoms with E-state index >= 15 is 0 Å². The Morgan fingerprint density at radius 1 is 1.04 bits per heavy atom. The van der Waals surface area contributed by atoms with Gasteiger partial charge in [-0.3, -0.25) is 10.2 Å². The summed E-state index contributed by atoms with van der Waals surface area (Å²) in [5.41, 5.74) is 5.75. The third kappa shape index (κ3) is 5.76. The van der Waals surface area contributed by atoms with Gasteiger partial charge in [-0.05, 0) is 29.8 Å². The van der Waals surface area contributed by atoms with Crippen LogP contribution in [0.3, 0.4) is 0 Å². The molecule has 25 heavy (non-hydrogen) atoms. The maximum Gasteiger partial charge on any atom is 0.387 e. The van der Waals surface area contributed by atoms with E-state index in [2.05, 4.69) is 15.6 Å². The Kier molecular flexibility index (Phi) is 6.27. The second kappa shape index (κ2) is 8.62. The Morgan fingerprint density at radius 2 is 1.68 bits per heavy atom. The first-order valence-electron chi connectivity index (χ1n) is 7.36. The Balaban J connectivity index is 1.82. The standard InChI is InChI=1S/C17H17F2N3O3/c1-22(11-12-7-9-14(10-8-12)25-16(18)19)17(24)21-20-15(23)13-5-3-2-4-6-13/h2-10,16H,11H2,1H3,(H,20,23)(H,21,24). The van der Waals surface area contributed by atoms with E-state index < -0.39 is 18.5 Å². The van der Waals surface area contributed by atoms with Gasteiger partial charge in [-0.15, -0.1) is 0 Å². The van der Waals surface area contributed by atoms with Crippen LogP contribution in [0.2, 0.25) is 0 Å². The molecule has 8 heteroatoms. The molecule has 0 aliphatic rings. The minimum atomic E-state index is -2.88. The minimum Gasteiger partial charge on any atom is -0.435 e. The Labute approximate surface area is 143 Å². The largest absolute Gasteiger partial charge is 0.435 e. The Morgan fingerprint density at radius 3 is 2.28 bits per heavy atom. The highest BCUT2D eigenvalue weighted by molar-refractivity contribution is 5.95. The SMILES string of the molecule is CN(Cc1ccc(OC(F)F)cc1)C(=O)NNC(=O)c1ccccc1. The predicted octanol–water partition coefficient (Wildman–Crippen LogP) is 2.77. The fraction of sp³-hybridized carbons (Fsp3) is 0.176. The van der Waals surface area contributed by atoms with Gasteiger partial charge in [-0.25, -0.2) is 10.2 Å². The third-order valence-electron chi connectivity index (χ3n) is 3.23. The first-order valence-corrected chi connectivity index (χ1v) is 7.36. The van der Waals surface area contributed by atoms with Crippen LogP contribution in [0.1, 0.15) is 15.9 Å². The van der Waals surface area contributed by atoms with E-state index in [9.17, 15) is 18.4 Å². The van der Waals surface area contributed by atoms with Crippen molar-refractivity contribution in [1.82, 2.24) is 15.8 Å². The van der Waals surface area contributed by atoms with Crippen LogP contribution in [-0.4, -0.2) is 30.5 Å². The number of hydrazine groups is 1. The van der Waals surface area contributed by atoms with Gasteiger partial charge in [0.2, 0.25) is 0 Å². The summed E-state index contributed by atoms with van der Waals surface area (Å²) in [5.74, 6) is -0.392. The molecule has 132 valence electrons. The van der Waals surface area contributed by atoms with Crippen molar-refractivity contribution in [3.8, 4) is 5.75 Å². The van der Waals surface area contributed by atoms with Gasteiger partial charge in [0.1, 0.15) is 5.75 Å². The summed E-state index contributed by atoms with van der Waals surface area (Å²) in [7, 11) is 1.54. The predicted molar refractivity (Wildman–Crippen MR) is 87.0 cm³/mol. The van der Waals surface area contributed by atoms with Gasteiger partial charge in [0.05, 0.1) is 0 Å². The van der Waals surface area contributed by atoms with Crippen LogP contribution >= 0.6 is 0 Å². The smallest absolute Gasteiger partial charge is 0.387 e. The number of halogens is 2. The van der Waals surface area contributed by atoms with Gasteiger partial charge in [0.15, 0.2) is 0 Å². The van der Waals surface area contributed by atoms with Crippen molar-refractivity contribution in [3.63, 3.8) is 0 Å². The molecule has 0 aromatic heterocycles. The highest BCUT2D eigenvalue weighted by Gasteiger charge is 2.11. The number of benzene rings is 2. The number of rotatable bonds is 5. The van der Waals surface area contributed by atoms with Gasteiger partial charge in [-0.1, -0.05) is 30.3 Å². The molecule has 0 saturated heterocycles. The number of hydrogen-bond acceptors (Lipinski definition) is 3. The molecule has 0 radical (unpaired) electrons. The molecule has 2 aromatic carbocycles. The fourth-order valence-corrected chi connectivity index (χ4v) is 1.99. The minimum absolute atomic E-state index is 0.0426. The monoisotopic (exact) mass is 349 g/mol. The Bertz CT molecular complexity index is 709. The first kappa shape index (κ1) is 18.2. The maximum absolute atomic E-state index is 12.1. The molecule has 6 nitrogen and oxygen atoms in total. The van der Waals surface area contributed by atoms with Gasteiger partial charge in [-0.2, -0.15) is 8.78 Å². The number of hydrogen-bond donors (Lipinski definition) is 2. The van der Waals surface area contributed by atoms with Crippen molar-refractivity contribution >= 4 is 11.9 Å². The summed E-state index contributed by atoms with van der Waals surface area (Å²) in [6.07, 6.45) is 0. The van der Waals surface area contributed by atoms with Gasteiger partial charge in [0, 0.05) is 19.2 Å². The van der Waals surface area contributed by atoms with Crippen molar-refractivity contribution < 1.29 is 23.1 Å². The fourth-order valence-electron chi connectivity index (χ4n) is 1.99. The van der Waals surface area contributed by atoms with Gasteiger partial charge < -0.3 is 9.64 Å². The molecule has 0 atom stereocenters. The molecule has 0 heterocycles. The number of nitrogens with one attached hydrogen (secondary N) is 2. The molecule has 0 bridgehead atoms. The summed E-state index contributed by atoms with van der Waals surface area (Å²) in [6, 6.07) is 13.9. The van der Waals surface area contributed by atoms with Gasteiger partial charge in [0.25, 0.3) is 5.91 Å². The quantitative estimate of drug-likeness (QED) is 0.816. The molecule has 0 fully saturated rings. The molecule has 0 spiro atoms. The maximum atomic E-state index is 12.1. The molecule has 2 rings (SSSR count). The summed E-state index contributed by atoms with van der Waals surface area (Å²) < 4.78 is 28.4. The lowest BCUT2D eigenvalue weighted by atomic mass is 10.2. The van der Waals surface area contributed by atoms with Crippen LogP contribution in [0.4, 0.5) is 13.6 Å². The topological polar surface area (TPSA) is 70.7 Å². The van der Waals surface area contributed by atoms with Crippen LogP contribution < -0.4 is 15.6 Å². The second-order valence-corrected chi connectivity index (χ2v) is 5.13. The van der Waals surface area contributed by atoms with E-state index in [-0.39, 0.29) is 12.3 Å². The van der Waals surface area contributed by atoms with Crippen LogP contribution in [0, 0.1) is 0 Å². The van der Waals surface area contributed by atoms with Crippen LogP contribution in [-0.2, 0) is 6.54 Å². The summed E-state index contributed by atoms with van der Waals surface area (Å²) in [6.45, 7) is -2.66. The van der Waals surface area contributed by atoms with Crippen molar-refractivity contribution in [2.75, 3.05) is 7.05 Å². The first-order chi connectivity index (χ1) is 12.0. The normalized spacial score (nSPS) is 10.2. The highest BCUT2D eigenvalue weighted by atomic mass is 19.3. The number of ether oxygens (including phenoxy) is 1. The van der Waals surface area contributed by atoms with Crippen LogP contribution in [0.5, 0.6) is 5.75 Å². The Hall–Kier alpha value is -3.16. The third-order valence-corrected chi connectivity index (χ3v) is 3.23. The van der Waals surface area contributed by atoms with E-state index in [1.807, 2.05) is 0 Å². The molecule has 0 aliphatic heterocycles. The lowest BCUT2D eigenvalue weighted by Gasteiger charge is -2.18. The highest BCUT2D eigenvalue weighted by Crippen LogP contribution is 2.15. The zero-order chi connectivity index (χ0) is 18.2. The molecule has 2 N–H and O–H groups in total. The average molecular weight is 349 g/mol. The summed E-state index contributed by atoms with van der Waals surface area (Å²) in [5, 5.41) is 0. The molecule has 3 amide bonds. The number of urea groups is 1. The zero-order valence-electron chi connectivity index (χ0n) is 13.4. The molecule has 0 saturated carbocycles. The number of nitrogens with zero attached hydrogens (tertiary/aromatic N) is 1. The lowest BCUT2D eigenvalue weighted by Crippen LogP contribution is -2.47. The van der Waals surface area contributed by atoms with Crippen molar-refractivity contribution in [3.05, 3.63) is 65.7 Å². The number of amides is 3. The average Bonchev–Trinajstić information content (AvgIpc) is 2.61. The van der Waals surface area contributed by atoms with Crippen LogP contribution in [0.25, 0.3) is 0 Å². The molecular weight excluding hydrogens is 332 g/mol. The number of carbonyl (C=O) groups excluding carboxylic acids is 2. The van der Waals surface area contributed by atoms with E-state index in [1.165, 1.54) is 24.1 Å². The molecular formula is C17H17F2N3O3. The van der Waals surface area contributed by atoms with Crippen molar-refractivity contribution in [2.24, 2.45) is 0 Å². The van der Waals surface area contributed by atoms with Crippen molar-refractivity contribution in [2.45, 2.75) is 13.2 Å². The molecule has 0 aliphatic carbocycles. The van der Waals surface area contributed by atoms with E-state index in [0.29, 0.717) is 11.1 Å². The summed E-state index contributed by atoms with van der Waals surface area (Å²) in [4.78, 5) is 25.1. The lowest BCUT2D eigenvalue weighted by molar-refractivity contribution is -0.0498. The molecule has 2 aromatic rings. The van der Waals surface area contributed by atoms with Gasteiger partial charge >= 0.3 is 12.6 Å². The molecule has 0 unspecified atom stereocenters. The zero-order valence-corrected chi connectivity index (χ0v) is 13.4. The summed E-state index contributed by atoms with van der Waals surface area (Å²) >= 11 is 0. The van der Waals surface area contributed by atoms with E-state index in [4.69, 9.17) is 0 Å². The van der Waals surface area contributed by atoms with E-state index in [1.54, 1.807) is 42.5 Å². The number of alkyl halides is 2.